The zero-order valence-electron chi connectivity index (χ0n) is 10.4. The van der Waals surface area contributed by atoms with E-state index in [1.54, 1.807) is 24.3 Å². The topological polar surface area (TPSA) is 33.5 Å². The Morgan fingerprint density at radius 3 is 2.67 bits per heavy atom. The number of hydrogen-bond acceptors (Lipinski definition) is 3. The molecule has 1 amide bonds. The van der Waals surface area contributed by atoms with Crippen molar-refractivity contribution in [2.75, 3.05) is 7.05 Å². The molecule has 0 radical (unpaired) electrons. The first-order valence-electron chi connectivity index (χ1n) is 5.66. The van der Waals surface area contributed by atoms with Crippen LogP contribution in [0.15, 0.2) is 45.9 Å². The molecule has 18 heavy (non-hydrogen) atoms. The SMILES string of the molecule is Cc1occc1CN(C)C(=O)c1ccccc1S. The van der Waals surface area contributed by atoms with Crippen molar-refractivity contribution in [2.45, 2.75) is 18.4 Å². The second-order valence-corrected chi connectivity index (χ2v) is 4.66. The zero-order chi connectivity index (χ0) is 13.1. The second-order valence-electron chi connectivity index (χ2n) is 4.18. The summed E-state index contributed by atoms with van der Waals surface area (Å²) in [6.45, 7) is 2.42. The third-order valence-corrected chi connectivity index (χ3v) is 3.24. The molecule has 0 bridgehead atoms. The van der Waals surface area contributed by atoms with Crippen LogP contribution in [0.5, 0.6) is 0 Å². The Balaban J connectivity index is 2.15. The van der Waals surface area contributed by atoms with Gasteiger partial charge >= 0.3 is 0 Å². The lowest BCUT2D eigenvalue weighted by atomic mass is 10.2. The van der Waals surface area contributed by atoms with E-state index in [4.69, 9.17) is 4.42 Å². The number of amides is 1. The minimum atomic E-state index is -0.0406. The smallest absolute Gasteiger partial charge is 0.255 e. The van der Waals surface area contributed by atoms with Gasteiger partial charge in [0.1, 0.15) is 5.76 Å². The molecule has 94 valence electrons. The van der Waals surface area contributed by atoms with Crippen LogP contribution in [0.1, 0.15) is 21.7 Å². The van der Waals surface area contributed by atoms with Crippen LogP contribution in [-0.2, 0) is 6.54 Å². The van der Waals surface area contributed by atoms with Gasteiger partial charge in [0.05, 0.1) is 11.8 Å². The zero-order valence-corrected chi connectivity index (χ0v) is 11.3. The van der Waals surface area contributed by atoms with E-state index < -0.39 is 0 Å². The summed E-state index contributed by atoms with van der Waals surface area (Å²) in [5.74, 6) is 0.801. The van der Waals surface area contributed by atoms with Crippen molar-refractivity contribution >= 4 is 18.5 Å². The highest BCUT2D eigenvalue weighted by Gasteiger charge is 2.15. The van der Waals surface area contributed by atoms with Crippen molar-refractivity contribution in [2.24, 2.45) is 0 Å². The molecule has 0 aliphatic carbocycles. The van der Waals surface area contributed by atoms with Gasteiger partial charge in [-0.15, -0.1) is 12.6 Å². The molecular formula is C14H15NO2S. The van der Waals surface area contributed by atoms with Gasteiger partial charge in [-0.2, -0.15) is 0 Å². The standard InChI is InChI=1S/C14H15NO2S/c1-10-11(7-8-17-10)9-15(2)14(16)12-5-3-4-6-13(12)18/h3-8,18H,9H2,1-2H3. The predicted molar refractivity (Wildman–Crippen MR) is 72.9 cm³/mol. The molecule has 3 nitrogen and oxygen atoms in total. The van der Waals surface area contributed by atoms with Gasteiger partial charge in [-0.05, 0) is 25.1 Å². The molecule has 4 heteroatoms. The minimum absolute atomic E-state index is 0.0406. The van der Waals surface area contributed by atoms with E-state index in [9.17, 15) is 4.79 Å². The van der Waals surface area contributed by atoms with E-state index in [-0.39, 0.29) is 5.91 Å². The summed E-state index contributed by atoms with van der Waals surface area (Å²) in [7, 11) is 1.77. The molecule has 0 N–H and O–H groups in total. The van der Waals surface area contributed by atoms with Crippen LogP contribution in [0.25, 0.3) is 0 Å². The number of rotatable bonds is 3. The first kappa shape index (κ1) is 12.8. The Labute approximate surface area is 112 Å². The molecule has 0 saturated carbocycles. The Morgan fingerprint density at radius 2 is 2.06 bits per heavy atom. The summed E-state index contributed by atoms with van der Waals surface area (Å²) in [5, 5.41) is 0. The highest BCUT2D eigenvalue weighted by molar-refractivity contribution is 7.80. The number of hydrogen-bond donors (Lipinski definition) is 1. The fraction of sp³-hybridized carbons (Fsp3) is 0.214. The fourth-order valence-electron chi connectivity index (χ4n) is 1.76. The average Bonchev–Trinajstić information content (AvgIpc) is 2.75. The fourth-order valence-corrected chi connectivity index (χ4v) is 2.02. The number of carbonyl (C=O) groups is 1. The molecular weight excluding hydrogens is 246 g/mol. The summed E-state index contributed by atoms with van der Waals surface area (Å²) in [6.07, 6.45) is 1.63. The first-order valence-corrected chi connectivity index (χ1v) is 6.10. The summed E-state index contributed by atoms with van der Waals surface area (Å²) >= 11 is 4.30. The number of thiol groups is 1. The van der Waals surface area contributed by atoms with Gasteiger partial charge in [-0.3, -0.25) is 4.79 Å². The highest BCUT2D eigenvalue weighted by atomic mass is 32.1. The van der Waals surface area contributed by atoms with Gasteiger partial charge in [0.25, 0.3) is 5.91 Å². The maximum absolute atomic E-state index is 12.2. The third-order valence-electron chi connectivity index (χ3n) is 2.85. The van der Waals surface area contributed by atoms with Crippen LogP contribution in [0.3, 0.4) is 0 Å². The summed E-state index contributed by atoms with van der Waals surface area (Å²) in [6, 6.07) is 9.17. The number of carbonyl (C=O) groups excluding carboxylic acids is 1. The molecule has 0 aliphatic rings. The van der Waals surface area contributed by atoms with Crippen molar-refractivity contribution in [3.05, 3.63) is 53.5 Å². The van der Waals surface area contributed by atoms with E-state index in [2.05, 4.69) is 12.6 Å². The van der Waals surface area contributed by atoms with Crippen LogP contribution >= 0.6 is 12.6 Å². The monoisotopic (exact) mass is 261 g/mol. The van der Waals surface area contributed by atoms with Crippen molar-refractivity contribution in [3.63, 3.8) is 0 Å². The molecule has 2 rings (SSSR count). The van der Waals surface area contributed by atoms with Gasteiger partial charge < -0.3 is 9.32 Å². The molecule has 0 fully saturated rings. The molecule has 1 aromatic carbocycles. The largest absolute Gasteiger partial charge is 0.469 e. The maximum atomic E-state index is 12.2. The number of nitrogens with zero attached hydrogens (tertiary/aromatic N) is 1. The van der Waals surface area contributed by atoms with Crippen molar-refractivity contribution in [1.82, 2.24) is 4.90 Å². The third kappa shape index (κ3) is 2.59. The number of furan rings is 1. The van der Waals surface area contributed by atoms with Crippen LogP contribution < -0.4 is 0 Å². The molecule has 2 aromatic rings. The average molecular weight is 261 g/mol. The van der Waals surface area contributed by atoms with E-state index in [1.807, 2.05) is 31.2 Å². The minimum Gasteiger partial charge on any atom is -0.469 e. The molecule has 1 heterocycles. The van der Waals surface area contributed by atoms with Gasteiger partial charge in [0.2, 0.25) is 0 Å². The molecule has 0 unspecified atom stereocenters. The lowest BCUT2D eigenvalue weighted by Crippen LogP contribution is -2.26. The number of benzene rings is 1. The van der Waals surface area contributed by atoms with Gasteiger partial charge in [-0.25, -0.2) is 0 Å². The van der Waals surface area contributed by atoms with Gasteiger partial charge in [0, 0.05) is 24.1 Å². The number of aryl methyl sites for hydroxylation is 1. The van der Waals surface area contributed by atoms with E-state index in [0.717, 1.165) is 11.3 Å². The normalized spacial score (nSPS) is 10.4. The highest BCUT2D eigenvalue weighted by Crippen LogP contribution is 2.17. The first-order chi connectivity index (χ1) is 8.59. The lowest BCUT2D eigenvalue weighted by molar-refractivity contribution is 0.0781. The molecule has 0 spiro atoms. The Kier molecular flexibility index (Phi) is 3.77. The van der Waals surface area contributed by atoms with E-state index in [0.29, 0.717) is 17.0 Å². The summed E-state index contributed by atoms with van der Waals surface area (Å²) in [4.78, 5) is 14.6. The van der Waals surface area contributed by atoms with Crippen molar-refractivity contribution < 1.29 is 9.21 Å². The summed E-state index contributed by atoms with van der Waals surface area (Å²) in [5.41, 5.74) is 1.63. The van der Waals surface area contributed by atoms with Crippen LogP contribution in [0, 0.1) is 6.92 Å². The summed E-state index contributed by atoms with van der Waals surface area (Å²) < 4.78 is 5.22. The van der Waals surface area contributed by atoms with Crippen LogP contribution in [0.4, 0.5) is 0 Å². The Hall–Kier alpha value is -1.68. The van der Waals surface area contributed by atoms with Crippen LogP contribution in [-0.4, -0.2) is 17.9 Å². The quantitative estimate of drug-likeness (QED) is 0.861. The molecule has 0 atom stereocenters. The maximum Gasteiger partial charge on any atom is 0.255 e. The Bertz CT molecular complexity index is 562. The molecule has 0 saturated heterocycles. The van der Waals surface area contributed by atoms with E-state index >= 15 is 0 Å². The Morgan fingerprint density at radius 1 is 1.33 bits per heavy atom. The molecule has 0 aliphatic heterocycles. The second kappa shape index (κ2) is 5.31. The lowest BCUT2D eigenvalue weighted by Gasteiger charge is -2.17. The van der Waals surface area contributed by atoms with Crippen molar-refractivity contribution in [3.8, 4) is 0 Å². The van der Waals surface area contributed by atoms with Gasteiger partial charge in [0.15, 0.2) is 0 Å². The van der Waals surface area contributed by atoms with E-state index in [1.165, 1.54) is 0 Å². The van der Waals surface area contributed by atoms with Gasteiger partial charge in [-0.1, -0.05) is 12.1 Å². The van der Waals surface area contributed by atoms with Crippen LogP contribution in [0.2, 0.25) is 0 Å². The molecule has 1 aromatic heterocycles. The predicted octanol–water partition coefficient (Wildman–Crippen LogP) is 3.15. The van der Waals surface area contributed by atoms with Crippen molar-refractivity contribution in [1.29, 1.82) is 0 Å².